The molecule has 29 heavy (non-hydrogen) atoms. The maximum absolute atomic E-state index is 14.1. The molecule has 1 fully saturated rings. The van der Waals surface area contributed by atoms with Crippen molar-refractivity contribution in [2.75, 3.05) is 39.3 Å². The van der Waals surface area contributed by atoms with Gasteiger partial charge in [0, 0.05) is 49.9 Å². The van der Waals surface area contributed by atoms with E-state index in [1.165, 1.54) is 6.07 Å². The van der Waals surface area contributed by atoms with Gasteiger partial charge in [0.15, 0.2) is 11.7 Å². The summed E-state index contributed by atoms with van der Waals surface area (Å²) < 4.78 is 19.5. The van der Waals surface area contributed by atoms with Crippen molar-refractivity contribution < 1.29 is 13.9 Å². The number of aliphatic imine (C=N–C) groups is 2. The summed E-state index contributed by atoms with van der Waals surface area (Å²) in [4.78, 5) is 25.5. The highest BCUT2D eigenvalue weighted by Crippen LogP contribution is 2.26. The summed E-state index contributed by atoms with van der Waals surface area (Å²) in [5.41, 5.74) is 0.868. The maximum atomic E-state index is 14.1. The highest BCUT2D eigenvalue weighted by atomic mass is 19.1. The first-order chi connectivity index (χ1) is 14.2. The van der Waals surface area contributed by atoms with Crippen molar-refractivity contribution in [1.29, 1.82) is 0 Å². The third kappa shape index (κ3) is 3.30. The van der Waals surface area contributed by atoms with Crippen LogP contribution in [0.2, 0.25) is 0 Å². The van der Waals surface area contributed by atoms with Crippen molar-refractivity contribution in [1.82, 2.24) is 15.1 Å². The van der Waals surface area contributed by atoms with Crippen LogP contribution in [0, 0.1) is 5.82 Å². The molecule has 0 bridgehead atoms. The number of guanidine groups is 1. The highest BCUT2D eigenvalue weighted by Gasteiger charge is 2.27. The van der Waals surface area contributed by atoms with E-state index in [1.807, 2.05) is 6.07 Å². The van der Waals surface area contributed by atoms with E-state index in [-0.39, 0.29) is 17.4 Å². The van der Waals surface area contributed by atoms with Crippen LogP contribution < -0.4 is 5.32 Å². The SMILES string of the molecule is O=C1OC(c2ccc(F)c3ccccc23)=N/C1=C/N1CCN(C2=NCCN2)CC1. The predicted octanol–water partition coefficient (Wildman–Crippen LogP) is 1.70. The van der Waals surface area contributed by atoms with Crippen molar-refractivity contribution >= 4 is 28.6 Å². The van der Waals surface area contributed by atoms with Gasteiger partial charge in [-0.05, 0) is 17.5 Å². The van der Waals surface area contributed by atoms with E-state index < -0.39 is 5.97 Å². The number of benzene rings is 2. The van der Waals surface area contributed by atoms with Crippen LogP contribution in [-0.4, -0.2) is 66.9 Å². The zero-order valence-electron chi connectivity index (χ0n) is 15.8. The van der Waals surface area contributed by atoms with Crippen LogP contribution in [-0.2, 0) is 9.53 Å². The molecule has 0 saturated carbocycles. The lowest BCUT2D eigenvalue weighted by Gasteiger charge is -2.35. The molecule has 0 aromatic heterocycles. The molecule has 5 rings (SSSR count). The van der Waals surface area contributed by atoms with Gasteiger partial charge in [0.25, 0.3) is 0 Å². The Morgan fingerprint density at radius 3 is 2.62 bits per heavy atom. The number of cyclic esters (lactones) is 1. The molecule has 148 valence electrons. The zero-order valence-corrected chi connectivity index (χ0v) is 15.8. The number of nitrogens with one attached hydrogen (secondary N) is 1. The van der Waals surface area contributed by atoms with E-state index in [4.69, 9.17) is 4.74 Å². The van der Waals surface area contributed by atoms with E-state index in [1.54, 1.807) is 30.5 Å². The first-order valence-corrected chi connectivity index (χ1v) is 9.67. The Kier molecular flexibility index (Phi) is 4.38. The number of esters is 1. The van der Waals surface area contributed by atoms with E-state index in [0.29, 0.717) is 16.3 Å². The Hall–Kier alpha value is -3.42. The fourth-order valence-corrected chi connectivity index (χ4v) is 3.80. The van der Waals surface area contributed by atoms with E-state index >= 15 is 0 Å². The minimum atomic E-state index is -0.488. The minimum absolute atomic E-state index is 0.209. The third-order valence-corrected chi connectivity index (χ3v) is 5.30. The second-order valence-electron chi connectivity index (χ2n) is 7.12. The minimum Gasteiger partial charge on any atom is -0.402 e. The van der Waals surface area contributed by atoms with Gasteiger partial charge in [-0.25, -0.2) is 14.2 Å². The number of hydrogen-bond acceptors (Lipinski definition) is 7. The van der Waals surface area contributed by atoms with Gasteiger partial charge < -0.3 is 19.9 Å². The van der Waals surface area contributed by atoms with E-state index in [9.17, 15) is 9.18 Å². The summed E-state index contributed by atoms with van der Waals surface area (Å²) in [6.07, 6.45) is 1.75. The van der Waals surface area contributed by atoms with Gasteiger partial charge in [0.05, 0.1) is 6.54 Å². The van der Waals surface area contributed by atoms with E-state index in [2.05, 4.69) is 25.1 Å². The van der Waals surface area contributed by atoms with Crippen molar-refractivity contribution in [3.63, 3.8) is 0 Å². The second kappa shape index (κ2) is 7.20. The lowest BCUT2D eigenvalue weighted by atomic mass is 10.0. The first-order valence-electron chi connectivity index (χ1n) is 9.67. The standard InChI is InChI=1S/C21H20FN5O2/c22-17-6-5-16(14-3-1-2-4-15(14)17)19-25-18(20(28)29-19)13-26-9-11-27(12-10-26)21-23-7-8-24-21/h1-6,13H,7-12H2,(H,23,24)/b18-13+. The molecule has 8 heteroatoms. The lowest BCUT2D eigenvalue weighted by molar-refractivity contribution is -0.130. The van der Waals surface area contributed by atoms with Gasteiger partial charge in [-0.15, -0.1) is 0 Å². The second-order valence-corrected chi connectivity index (χ2v) is 7.12. The Labute approximate surface area is 167 Å². The number of hydrogen-bond donors (Lipinski definition) is 1. The highest BCUT2D eigenvalue weighted by molar-refractivity contribution is 6.16. The fraction of sp³-hybridized carbons (Fsp3) is 0.286. The molecule has 0 spiro atoms. The van der Waals surface area contributed by atoms with Gasteiger partial charge in [0.2, 0.25) is 5.90 Å². The van der Waals surface area contributed by atoms with Gasteiger partial charge in [-0.2, -0.15) is 0 Å². The molecule has 7 nitrogen and oxygen atoms in total. The topological polar surface area (TPSA) is 69.5 Å². The number of ether oxygens (including phenoxy) is 1. The molecule has 3 aliphatic rings. The maximum Gasteiger partial charge on any atom is 0.365 e. The van der Waals surface area contributed by atoms with Crippen molar-refractivity contribution in [3.8, 4) is 0 Å². The number of halogens is 1. The van der Waals surface area contributed by atoms with Gasteiger partial charge in [-0.3, -0.25) is 4.99 Å². The van der Waals surface area contributed by atoms with E-state index in [0.717, 1.165) is 45.2 Å². The van der Waals surface area contributed by atoms with Crippen molar-refractivity contribution in [2.45, 2.75) is 0 Å². The molecule has 1 saturated heterocycles. The quantitative estimate of drug-likeness (QED) is 0.621. The van der Waals surface area contributed by atoms with Crippen LogP contribution >= 0.6 is 0 Å². The molecule has 3 aliphatic heterocycles. The number of nitrogens with zero attached hydrogens (tertiary/aromatic N) is 4. The number of rotatable bonds is 2. The van der Waals surface area contributed by atoms with Crippen LogP contribution in [0.1, 0.15) is 5.56 Å². The van der Waals surface area contributed by atoms with Gasteiger partial charge in [0.1, 0.15) is 5.82 Å². The zero-order chi connectivity index (χ0) is 19.8. The summed E-state index contributed by atoms with van der Waals surface area (Å²) in [5.74, 6) is 0.364. The molecule has 3 heterocycles. The molecular formula is C21H20FN5O2. The molecule has 2 aromatic carbocycles. The summed E-state index contributed by atoms with van der Waals surface area (Å²) in [7, 11) is 0. The molecule has 2 aromatic rings. The van der Waals surface area contributed by atoms with Crippen LogP contribution in [0.5, 0.6) is 0 Å². The predicted molar refractivity (Wildman–Crippen MR) is 108 cm³/mol. The molecule has 0 atom stereocenters. The van der Waals surface area contributed by atoms with Crippen molar-refractivity contribution in [2.24, 2.45) is 9.98 Å². The summed E-state index contributed by atoms with van der Waals surface area (Å²) >= 11 is 0. The van der Waals surface area contributed by atoms with Crippen LogP contribution in [0.15, 0.2) is 58.3 Å². The molecule has 1 N–H and O–H groups in total. The van der Waals surface area contributed by atoms with Crippen LogP contribution in [0.25, 0.3) is 10.8 Å². The van der Waals surface area contributed by atoms with Gasteiger partial charge >= 0.3 is 5.97 Å². The summed E-state index contributed by atoms with van der Waals surface area (Å²) in [6, 6.07) is 10.1. The van der Waals surface area contributed by atoms with Crippen LogP contribution in [0.4, 0.5) is 4.39 Å². The number of fused-ring (bicyclic) bond motifs is 1. The summed E-state index contributed by atoms with van der Waals surface area (Å²) in [6.45, 7) is 4.89. The average Bonchev–Trinajstić information content (AvgIpc) is 3.40. The average molecular weight is 393 g/mol. The first kappa shape index (κ1) is 17.7. The number of carbonyl (C=O) groups excluding carboxylic acids is 1. The number of carbonyl (C=O) groups is 1. The normalized spacial score (nSPS) is 20.7. The smallest absolute Gasteiger partial charge is 0.365 e. The Morgan fingerprint density at radius 2 is 1.86 bits per heavy atom. The Bertz CT molecular complexity index is 1070. The molecular weight excluding hydrogens is 373 g/mol. The molecule has 0 aliphatic carbocycles. The Balaban J connectivity index is 1.36. The molecule has 0 unspecified atom stereocenters. The fourth-order valence-electron chi connectivity index (χ4n) is 3.80. The molecule has 0 radical (unpaired) electrons. The monoisotopic (exact) mass is 393 g/mol. The third-order valence-electron chi connectivity index (χ3n) is 5.30. The lowest BCUT2D eigenvalue weighted by Crippen LogP contribution is -2.50. The van der Waals surface area contributed by atoms with Gasteiger partial charge in [-0.1, -0.05) is 24.3 Å². The van der Waals surface area contributed by atoms with Crippen LogP contribution in [0.3, 0.4) is 0 Å². The molecule has 0 amide bonds. The largest absolute Gasteiger partial charge is 0.402 e. The number of piperazine rings is 1. The van der Waals surface area contributed by atoms with Crippen molar-refractivity contribution in [3.05, 3.63) is 59.7 Å². The summed E-state index contributed by atoms with van der Waals surface area (Å²) in [5, 5.41) is 4.42. The Morgan fingerprint density at radius 1 is 1.07 bits per heavy atom.